The molecule has 1 aromatic heterocycles. The van der Waals surface area contributed by atoms with Crippen molar-refractivity contribution in [2.75, 3.05) is 13.2 Å². The molecule has 112 valence electrons. The Bertz CT molecular complexity index is 498. The summed E-state index contributed by atoms with van der Waals surface area (Å²) in [6.07, 6.45) is -3.30. The highest BCUT2D eigenvalue weighted by Crippen LogP contribution is 2.17. The molecular formula is C10H11F3N2O5. The number of nitro groups is 1. The zero-order valence-corrected chi connectivity index (χ0v) is 10.1. The van der Waals surface area contributed by atoms with Crippen molar-refractivity contribution in [2.45, 2.75) is 19.1 Å². The molecule has 10 heteroatoms. The van der Waals surface area contributed by atoms with Gasteiger partial charge in [-0.3, -0.25) is 10.1 Å². The van der Waals surface area contributed by atoms with Gasteiger partial charge in [0.2, 0.25) is 0 Å². The van der Waals surface area contributed by atoms with Gasteiger partial charge in [0.05, 0.1) is 11.1 Å². The number of carbonyl (C=O) groups is 1. The van der Waals surface area contributed by atoms with Crippen LogP contribution in [0.15, 0.2) is 12.3 Å². The molecule has 1 rings (SSSR count). The summed E-state index contributed by atoms with van der Waals surface area (Å²) in [5, 5.41) is 19.4. The van der Waals surface area contributed by atoms with Gasteiger partial charge in [0, 0.05) is 19.2 Å². The average Bonchev–Trinajstić information content (AvgIpc) is 2.71. The van der Waals surface area contributed by atoms with Crippen molar-refractivity contribution in [2.24, 2.45) is 0 Å². The van der Waals surface area contributed by atoms with Crippen LogP contribution in [0.25, 0.3) is 0 Å². The summed E-state index contributed by atoms with van der Waals surface area (Å²) in [5.74, 6) is -1.35. The highest BCUT2D eigenvalue weighted by atomic mass is 19.4. The monoisotopic (exact) mass is 296 g/mol. The quantitative estimate of drug-likeness (QED) is 0.472. The van der Waals surface area contributed by atoms with E-state index < -0.39 is 29.4 Å². The number of halogens is 3. The van der Waals surface area contributed by atoms with Gasteiger partial charge >= 0.3 is 12.1 Å². The van der Waals surface area contributed by atoms with Crippen molar-refractivity contribution in [1.82, 2.24) is 4.57 Å². The fourth-order valence-electron chi connectivity index (χ4n) is 1.48. The SMILES string of the molecule is O=C(O)c1cc([N+](=O)[O-])cn1CCCOCC(F)(F)F. The Hall–Kier alpha value is -2.10. The largest absolute Gasteiger partial charge is 0.477 e. The Morgan fingerprint density at radius 2 is 2.15 bits per heavy atom. The van der Waals surface area contributed by atoms with Gasteiger partial charge in [-0.2, -0.15) is 13.2 Å². The van der Waals surface area contributed by atoms with Gasteiger partial charge in [0.1, 0.15) is 12.3 Å². The lowest BCUT2D eigenvalue weighted by molar-refractivity contribution is -0.384. The van der Waals surface area contributed by atoms with Crippen LogP contribution in [-0.2, 0) is 11.3 Å². The van der Waals surface area contributed by atoms with Crippen LogP contribution >= 0.6 is 0 Å². The summed E-state index contributed by atoms with van der Waals surface area (Å²) in [6.45, 7) is -1.61. The van der Waals surface area contributed by atoms with E-state index in [2.05, 4.69) is 4.74 Å². The van der Waals surface area contributed by atoms with Crippen LogP contribution in [0, 0.1) is 10.1 Å². The maximum absolute atomic E-state index is 11.8. The zero-order valence-electron chi connectivity index (χ0n) is 10.1. The number of aryl methyl sites for hydroxylation is 1. The minimum absolute atomic E-state index is 0.00727. The Morgan fingerprint density at radius 3 is 2.65 bits per heavy atom. The van der Waals surface area contributed by atoms with Crippen molar-refractivity contribution in [3.8, 4) is 0 Å². The van der Waals surface area contributed by atoms with Crippen molar-refractivity contribution in [1.29, 1.82) is 0 Å². The molecule has 1 N–H and O–H groups in total. The molecule has 0 aliphatic rings. The van der Waals surface area contributed by atoms with Crippen LogP contribution in [0.3, 0.4) is 0 Å². The second-order valence-corrected chi connectivity index (χ2v) is 3.86. The zero-order chi connectivity index (χ0) is 15.3. The Labute approximate surface area is 110 Å². The maximum atomic E-state index is 11.8. The van der Waals surface area contributed by atoms with Gasteiger partial charge < -0.3 is 14.4 Å². The third kappa shape index (κ3) is 4.88. The normalized spacial score (nSPS) is 11.6. The second-order valence-electron chi connectivity index (χ2n) is 3.86. The van der Waals surface area contributed by atoms with E-state index >= 15 is 0 Å². The fourth-order valence-corrected chi connectivity index (χ4v) is 1.48. The lowest BCUT2D eigenvalue weighted by Gasteiger charge is -2.08. The third-order valence-electron chi connectivity index (χ3n) is 2.27. The first-order valence-corrected chi connectivity index (χ1v) is 5.43. The highest BCUT2D eigenvalue weighted by molar-refractivity contribution is 5.86. The summed E-state index contributed by atoms with van der Waals surface area (Å²) in [6, 6.07) is 0.888. The smallest absolute Gasteiger partial charge is 0.411 e. The van der Waals surface area contributed by atoms with Gasteiger partial charge in [-0.25, -0.2) is 4.79 Å². The first kappa shape index (κ1) is 16.0. The van der Waals surface area contributed by atoms with Crippen LogP contribution in [0.2, 0.25) is 0 Å². The summed E-state index contributed by atoms with van der Waals surface area (Å²) in [5.41, 5.74) is -0.689. The number of alkyl halides is 3. The molecule has 1 aromatic rings. The number of hydrogen-bond acceptors (Lipinski definition) is 4. The molecule has 0 aromatic carbocycles. The lowest BCUT2D eigenvalue weighted by atomic mass is 10.4. The lowest BCUT2D eigenvalue weighted by Crippen LogP contribution is -2.18. The van der Waals surface area contributed by atoms with E-state index in [1.165, 1.54) is 0 Å². The van der Waals surface area contributed by atoms with E-state index in [4.69, 9.17) is 5.11 Å². The van der Waals surface area contributed by atoms with Gasteiger partial charge in [0.15, 0.2) is 0 Å². The van der Waals surface area contributed by atoms with Crippen LogP contribution in [-0.4, -0.2) is 40.0 Å². The first-order valence-electron chi connectivity index (χ1n) is 5.43. The van der Waals surface area contributed by atoms with Gasteiger partial charge in [0.25, 0.3) is 5.69 Å². The Morgan fingerprint density at radius 1 is 1.50 bits per heavy atom. The number of carboxylic acid groups (broad SMARTS) is 1. The highest BCUT2D eigenvalue weighted by Gasteiger charge is 2.27. The minimum Gasteiger partial charge on any atom is -0.477 e. The number of hydrogen-bond donors (Lipinski definition) is 1. The third-order valence-corrected chi connectivity index (χ3v) is 2.27. The van der Waals surface area contributed by atoms with Crippen LogP contribution in [0.4, 0.5) is 18.9 Å². The number of aromatic carboxylic acids is 1. The Kier molecular flexibility index (Phi) is 5.08. The van der Waals surface area contributed by atoms with Crippen LogP contribution in [0.5, 0.6) is 0 Å². The molecule has 0 radical (unpaired) electrons. The first-order chi connectivity index (χ1) is 9.20. The van der Waals surface area contributed by atoms with Crippen LogP contribution < -0.4 is 0 Å². The molecule has 0 spiro atoms. The molecule has 0 bridgehead atoms. The predicted molar refractivity (Wildman–Crippen MR) is 59.5 cm³/mol. The number of rotatable bonds is 7. The molecule has 0 aliphatic heterocycles. The van der Waals surface area contributed by atoms with Gasteiger partial charge in [-0.15, -0.1) is 0 Å². The molecule has 0 aliphatic carbocycles. The van der Waals surface area contributed by atoms with E-state index in [0.29, 0.717) is 0 Å². The van der Waals surface area contributed by atoms with Crippen molar-refractivity contribution < 1.29 is 32.7 Å². The predicted octanol–water partition coefficient (Wildman–Crippen LogP) is 2.06. The molecule has 0 saturated heterocycles. The maximum Gasteiger partial charge on any atom is 0.411 e. The molecule has 0 unspecified atom stereocenters. The molecule has 1 heterocycles. The summed E-state index contributed by atoms with van der Waals surface area (Å²) >= 11 is 0. The van der Waals surface area contributed by atoms with E-state index in [-0.39, 0.29) is 25.3 Å². The number of aromatic nitrogens is 1. The summed E-state index contributed by atoms with van der Waals surface area (Å²) in [7, 11) is 0. The van der Waals surface area contributed by atoms with Gasteiger partial charge in [-0.1, -0.05) is 0 Å². The van der Waals surface area contributed by atoms with E-state index in [1.807, 2.05) is 0 Å². The van der Waals surface area contributed by atoms with E-state index in [0.717, 1.165) is 16.8 Å². The minimum atomic E-state index is -4.42. The average molecular weight is 296 g/mol. The van der Waals surface area contributed by atoms with E-state index in [9.17, 15) is 28.1 Å². The van der Waals surface area contributed by atoms with E-state index in [1.54, 1.807) is 0 Å². The number of ether oxygens (including phenoxy) is 1. The summed E-state index contributed by atoms with van der Waals surface area (Å²) in [4.78, 5) is 20.6. The Balaban J connectivity index is 2.55. The van der Waals surface area contributed by atoms with Crippen LogP contribution in [0.1, 0.15) is 16.9 Å². The molecule has 0 amide bonds. The molecular weight excluding hydrogens is 285 g/mol. The van der Waals surface area contributed by atoms with Crippen molar-refractivity contribution >= 4 is 11.7 Å². The molecule has 20 heavy (non-hydrogen) atoms. The second kappa shape index (κ2) is 6.37. The van der Waals surface area contributed by atoms with Gasteiger partial charge in [-0.05, 0) is 6.42 Å². The standard InChI is InChI=1S/C10H11F3N2O5/c11-10(12,13)6-20-3-1-2-14-5-7(15(18)19)4-8(14)9(16)17/h4-5H,1-3,6H2,(H,16,17). The fraction of sp³-hybridized carbons (Fsp3) is 0.500. The summed E-state index contributed by atoms with van der Waals surface area (Å²) < 4.78 is 40.8. The molecule has 7 nitrogen and oxygen atoms in total. The van der Waals surface area contributed by atoms with Crippen molar-refractivity contribution in [3.05, 3.63) is 28.1 Å². The molecule has 0 fully saturated rings. The van der Waals surface area contributed by atoms with Crippen molar-refractivity contribution in [3.63, 3.8) is 0 Å². The number of nitrogens with zero attached hydrogens (tertiary/aromatic N) is 2. The topological polar surface area (TPSA) is 94.6 Å². The number of carboxylic acids is 1. The molecule has 0 saturated carbocycles. The molecule has 0 atom stereocenters.